The first-order chi connectivity index (χ1) is 13.1. The maximum atomic E-state index is 12.5. The van der Waals surface area contributed by atoms with Crippen molar-refractivity contribution in [2.24, 2.45) is 5.92 Å². The molecule has 0 spiro atoms. The minimum Gasteiger partial charge on any atom is -0.352 e. The van der Waals surface area contributed by atoms with E-state index in [1.165, 1.54) is 12.1 Å². The molecule has 28 heavy (non-hydrogen) atoms. The highest BCUT2D eigenvalue weighted by Crippen LogP contribution is 2.36. The van der Waals surface area contributed by atoms with Crippen LogP contribution in [0.1, 0.15) is 29.0 Å². The molecular weight excluding hydrogens is 419 g/mol. The number of amides is 1. The standard InChI is InChI=1S/C17H15ClF3N3O3S/c18-12-2-1-3-13(6-12)28(26,27)14-4-10(5-14)7-22-15(25)11-8-23-16(24-9-11)17(19,20)21/h1-3,6,8-10,14H,4-5,7H2,(H,22,25). The molecule has 1 aliphatic rings. The van der Waals surface area contributed by atoms with E-state index < -0.39 is 33.0 Å². The van der Waals surface area contributed by atoms with Crippen molar-refractivity contribution in [3.63, 3.8) is 0 Å². The number of halogens is 4. The van der Waals surface area contributed by atoms with E-state index in [-0.39, 0.29) is 22.9 Å². The summed E-state index contributed by atoms with van der Waals surface area (Å²) in [6.07, 6.45) is -2.32. The number of rotatable bonds is 5. The third kappa shape index (κ3) is 4.44. The molecule has 2 aromatic rings. The number of aromatic nitrogens is 2. The summed E-state index contributed by atoms with van der Waals surface area (Å²) in [4.78, 5) is 18.4. The number of alkyl halides is 3. The van der Waals surface area contributed by atoms with E-state index in [1.807, 2.05) is 0 Å². The van der Waals surface area contributed by atoms with Crippen molar-refractivity contribution in [3.8, 4) is 0 Å². The lowest BCUT2D eigenvalue weighted by Crippen LogP contribution is -2.42. The Balaban J connectivity index is 1.52. The third-order valence-corrected chi connectivity index (χ3v) is 6.88. The molecule has 0 atom stereocenters. The van der Waals surface area contributed by atoms with E-state index in [4.69, 9.17) is 11.6 Å². The summed E-state index contributed by atoms with van der Waals surface area (Å²) >= 11 is 5.84. The van der Waals surface area contributed by atoms with Gasteiger partial charge in [-0.3, -0.25) is 4.79 Å². The van der Waals surface area contributed by atoms with Gasteiger partial charge in [-0.15, -0.1) is 0 Å². The van der Waals surface area contributed by atoms with Gasteiger partial charge < -0.3 is 5.32 Å². The maximum Gasteiger partial charge on any atom is 0.451 e. The largest absolute Gasteiger partial charge is 0.451 e. The molecular formula is C17H15ClF3N3O3S. The zero-order chi connectivity index (χ0) is 20.5. The maximum absolute atomic E-state index is 12.5. The molecule has 3 rings (SSSR count). The van der Waals surface area contributed by atoms with Crippen molar-refractivity contribution in [1.82, 2.24) is 15.3 Å². The van der Waals surface area contributed by atoms with Gasteiger partial charge in [-0.2, -0.15) is 13.2 Å². The minimum atomic E-state index is -4.68. The topological polar surface area (TPSA) is 89.0 Å². The number of sulfone groups is 1. The Labute approximate surface area is 164 Å². The van der Waals surface area contributed by atoms with Gasteiger partial charge in [0.1, 0.15) is 0 Å². The van der Waals surface area contributed by atoms with E-state index in [2.05, 4.69) is 15.3 Å². The van der Waals surface area contributed by atoms with Crippen LogP contribution in [0.3, 0.4) is 0 Å². The van der Waals surface area contributed by atoms with Crippen molar-refractivity contribution < 1.29 is 26.4 Å². The molecule has 1 fully saturated rings. The molecule has 1 aromatic heterocycles. The van der Waals surface area contributed by atoms with Gasteiger partial charge in [0.05, 0.1) is 15.7 Å². The van der Waals surface area contributed by atoms with E-state index in [0.29, 0.717) is 17.9 Å². The molecule has 1 saturated carbocycles. The molecule has 0 bridgehead atoms. The van der Waals surface area contributed by atoms with Gasteiger partial charge in [0, 0.05) is 24.0 Å². The van der Waals surface area contributed by atoms with Crippen molar-refractivity contribution in [2.45, 2.75) is 29.2 Å². The van der Waals surface area contributed by atoms with Crippen LogP contribution in [0.2, 0.25) is 5.02 Å². The number of hydrogen-bond donors (Lipinski definition) is 1. The Hall–Kier alpha value is -2.20. The Kier molecular flexibility index (Phi) is 5.62. The van der Waals surface area contributed by atoms with E-state index in [1.54, 1.807) is 12.1 Å². The predicted molar refractivity (Wildman–Crippen MR) is 94.5 cm³/mol. The quantitative estimate of drug-likeness (QED) is 0.782. The lowest BCUT2D eigenvalue weighted by atomic mass is 9.85. The molecule has 1 N–H and O–H groups in total. The summed E-state index contributed by atoms with van der Waals surface area (Å²) in [6.45, 7) is 0.210. The van der Waals surface area contributed by atoms with Crippen molar-refractivity contribution in [3.05, 3.63) is 53.1 Å². The van der Waals surface area contributed by atoms with Gasteiger partial charge in [-0.05, 0) is 37.0 Å². The van der Waals surface area contributed by atoms with E-state index in [9.17, 15) is 26.4 Å². The average Bonchev–Trinajstić information content (AvgIpc) is 2.59. The molecule has 0 unspecified atom stereocenters. The Morgan fingerprint density at radius 2 is 1.86 bits per heavy atom. The molecule has 11 heteroatoms. The average molecular weight is 434 g/mol. The summed E-state index contributed by atoms with van der Waals surface area (Å²) in [7, 11) is -3.49. The fraction of sp³-hybridized carbons (Fsp3) is 0.353. The lowest BCUT2D eigenvalue weighted by molar-refractivity contribution is -0.145. The molecule has 1 heterocycles. The van der Waals surface area contributed by atoms with Crippen LogP contribution in [0.4, 0.5) is 13.2 Å². The second-order valence-corrected chi connectivity index (χ2v) is 9.13. The van der Waals surface area contributed by atoms with Gasteiger partial charge in [-0.25, -0.2) is 18.4 Å². The van der Waals surface area contributed by atoms with Crippen molar-refractivity contribution >= 4 is 27.3 Å². The highest BCUT2D eigenvalue weighted by molar-refractivity contribution is 7.92. The Bertz CT molecular complexity index is 975. The number of carbonyl (C=O) groups is 1. The summed E-state index contributed by atoms with van der Waals surface area (Å²) in [6, 6.07) is 6.04. The van der Waals surface area contributed by atoms with Crippen LogP contribution in [-0.4, -0.2) is 36.1 Å². The fourth-order valence-corrected chi connectivity index (χ4v) is 5.11. The predicted octanol–water partition coefficient (Wildman–Crippen LogP) is 3.13. The Morgan fingerprint density at radius 1 is 1.21 bits per heavy atom. The van der Waals surface area contributed by atoms with Crippen LogP contribution in [0.15, 0.2) is 41.6 Å². The fourth-order valence-electron chi connectivity index (χ4n) is 2.86. The summed E-state index contributed by atoms with van der Waals surface area (Å²) in [5.74, 6) is -1.98. The van der Waals surface area contributed by atoms with Crippen LogP contribution in [0, 0.1) is 5.92 Å². The van der Waals surface area contributed by atoms with Gasteiger partial charge in [-0.1, -0.05) is 17.7 Å². The molecule has 0 saturated heterocycles. The SMILES string of the molecule is O=C(NCC1CC(S(=O)(=O)c2cccc(Cl)c2)C1)c1cnc(C(F)(F)F)nc1. The molecule has 1 aromatic carbocycles. The van der Waals surface area contributed by atoms with Crippen molar-refractivity contribution in [2.75, 3.05) is 6.54 Å². The molecule has 1 aliphatic carbocycles. The molecule has 1 amide bonds. The van der Waals surface area contributed by atoms with Crippen LogP contribution in [0.5, 0.6) is 0 Å². The van der Waals surface area contributed by atoms with Crippen LogP contribution < -0.4 is 5.32 Å². The number of hydrogen-bond acceptors (Lipinski definition) is 5. The van der Waals surface area contributed by atoms with E-state index in [0.717, 1.165) is 12.4 Å². The molecule has 150 valence electrons. The first-order valence-electron chi connectivity index (χ1n) is 8.24. The van der Waals surface area contributed by atoms with E-state index >= 15 is 0 Å². The van der Waals surface area contributed by atoms with Gasteiger partial charge >= 0.3 is 6.18 Å². The van der Waals surface area contributed by atoms with Crippen molar-refractivity contribution in [1.29, 1.82) is 0 Å². The number of benzene rings is 1. The summed E-state index contributed by atoms with van der Waals surface area (Å²) < 4.78 is 62.3. The highest BCUT2D eigenvalue weighted by atomic mass is 35.5. The smallest absolute Gasteiger partial charge is 0.352 e. The molecule has 0 aliphatic heterocycles. The van der Waals surface area contributed by atoms with Gasteiger partial charge in [0.2, 0.25) is 5.82 Å². The zero-order valence-corrected chi connectivity index (χ0v) is 15.9. The summed E-state index contributed by atoms with van der Waals surface area (Å²) in [5.41, 5.74) is -0.101. The summed E-state index contributed by atoms with van der Waals surface area (Å²) in [5, 5.41) is 2.35. The number of carbonyl (C=O) groups excluding carboxylic acids is 1. The monoisotopic (exact) mass is 433 g/mol. The first-order valence-corrected chi connectivity index (χ1v) is 10.2. The van der Waals surface area contributed by atoms with Crippen LogP contribution >= 0.6 is 11.6 Å². The molecule has 0 radical (unpaired) electrons. The van der Waals surface area contributed by atoms with Gasteiger partial charge in [0.15, 0.2) is 9.84 Å². The molecule has 6 nitrogen and oxygen atoms in total. The van der Waals surface area contributed by atoms with Gasteiger partial charge in [0.25, 0.3) is 5.91 Å². The minimum absolute atomic E-state index is 0.0433. The first kappa shape index (κ1) is 20.5. The Morgan fingerprint density at radius 3 is 2.43 bits per heavy atom. The lowest BCUT2D eigenvalue weighted by Gasteiger charge is -2.34. The second kappa shape index (κ2) is 7.67. The number of nitrogens with zero attached hydrogens (tertiary/aromatic N) is 2. The highest BCUT2D eigenvalue weighted by Gasteiger charge is 2.39. The zero-order valence-electron chi connectivity index (χ0n) is 14.3. The normalized spacial score (nSPS) is 19.7. The number of nitrogens with one attached hydrogen (secondary N) is 1. The van der Waals surface area contributed by atoms with Crippen LogP contribution in [0.25, 0.3) is 0 Å². The van der Waals surface area contributed by atoms with Crippen LogP contribution in [-0.2, 0) is 16.0 Å². The third-order valence-electron chi connectivity index (χ3n) is 4.47. The second-order valence-electron chi connectivity index (χ2n) is 6.46.